The van der Waals surface area contributed by atoms with Crippen LogP contribution in [0.5, 0.6) is 5.75 Å². The van der Waals surface area contributed by atoms with E-state index in [0.29, 0.717) is 5.56 Å². The summed E-state index contributed by atoms with van der Waals surface area (Å²) in [5, 5.41) is 84.8. The van der Waals surface area contributed by atoms with Gasteiger partial charge < -0.3 is 64.5 Å². The van der Waals surface area contributed by atoms with Crippen LogP contribution >= 0.6 is 0 Å². The van der Waals surface area contributed by atoms with Gasteiger partial charge in [0, 0.05) is 29.2 Å². The molecule has 1 saturated heterocycles. The number of carbonyl (C=O) groups is 3. The van der Waals surface area contributed by atoms with Gasteiger partial charge in [0.15, 0.2) is 12.4 Å². The summed E-state index contributed by atoms with van der Waals surface area (Å²) in [6.07, 6.45) is -13.5. The zero-order valence-corrected chi connectivity index (χ0v) is 29.7. The minimum absolute atomic E-state index is 0.0110. The van der Waals surface area contributed by atoms with E-state index in [0.717, 1.165) is 7.11 Å². The smallest absolute Gasteiger partial charge is 0.348 e. The number of carbonyl (C=O) groups excluding carboxylic acids is 3. The lowest BCUT2D eigenvalue weighted by molar-refractivity contribution is -0.319. The molecule has 1 aliphatic heterocycles. The number of hydrogen-bond acceptors (Lipinski definition) is 16. The quantitative estimate of drug-likeness (QED) is 0.0702. The van der Waals surface area contributed by atoms with Crippen molar-refractivity contribution in [2.24, 2.45) is 23.2 Å². The van der Waals surface area contributed by atoms with E-state index < -0.39 is 115 Å². The number of ether oxygens (including phenoxy) is 5. The van der Waals surface area contributed by atoms with Crippen molar-refractivity contribution in [2.45, 2.75) is 114 Å². The largest absolute Gasteiger partial charge is 0.508 e. The van der Waals surface area contributed by atoms with E-state index in [2.05, 4.69) is 6.58 Å². The molecule has 0 amide bonds. The molecule has 292 valence electrons. The van der Waals surface area contributed by atoms with E-state index in [1.165, 1.54) is 24.3 Å². The first kappa shape index (κ1) is 41.6. The Hall–Kier alpha value is -3.19. The molecule has 52 heavy (non-hydrogen) atoms. The van der Waals surface area contributed by atoms with Gasteiger partial charge in [-0.2, -0.15) is 0 Å². The normalized spacial score (nSPS) is 35.9. The van der Waals surface area contributed by atoms with Crippen LogP contribution in [-0.4, -0.2) is 140 Å². The Bertz CT molecular complexity index is 1420. The van der Waals surface area contributed by atoms with Crippen LogP contribution < -0.4 is 0 Å². The van der Waals surface area contributed by atoms with Gasteiger partial charge in [0.1, 0.15) is 36.3 Å². The summed E-state index contributed by atoms with van der Waals surface area (Å²) in [6, 6.07) is 5.85. The predicted octanol–water partition coefficient (Wildman–Crippen LogP) is -0.761. The number of fused-ring (bicyclic) bond motifs is 1. The average Bonchev–Trinajstić information content (AvgIpc) is 3.11. The van der Waals surface area contributed by atoms with Gasteiger partial charge in [0.05, 0.1) is 32.0 Å². The summed E-state index contributed by atoms with van der Waals surface area (Å²) >= 11 is 0. The van der Waals surface area contributed by atoms with Crippen molar-refractivity contribution in [3.05, 3.63) is 42.0 Å². The number of methoxy groups -OCH3 is 1. The maximum atomic E-state index is 13.9. The second-order valence-electron chi connectivity index (χ2n) is 14.7. The lowest BCUT2D eigenvalue weighted by Gasteiger charge is -2.59. The van der Waals surface area contributed by atoms with Crippen LogP contribution in [0.4, 0.5) is 0 Å². The van der Waals surface area contributed by atoms with Crippen LogP contribution in [0.3, 0.4) is 0 Å². The second-order valence-corrected chi connectivity index (χ2v) is 14.7. The number of phenols is 1. The summed E-state index contributed by atoms with van der Waals surface area (Å²) in [5.41, 5.74) is -2.67. The van der Waals surface area contributed by atoms with Gasteiger partial charge in [-0.1, -0.05) is 39.5 Å². The molecule has 0 radical (unpaired) electrons. The standard InChI is InChI=1S/C36H52O16/c1-17(2)25(39)33(46)50-22(14-19-6-8-20(38)9-7-19)32(45)52-24-11-13-36(47,16-49-34-29(43)28(42)27(41)23(15-37)51-34)30-26(40)21(10-12-35(24,30)4)18(3)31(44)48-5/h6-9,17,21-30,34,37-43,47H,3,10-16H2,1-2,4-5H3/t21-,22-,23-,24+,25+,26-,27+,28-,29-,30-,34-,35-,36+/m0/s1. The number of phenolic OH excluding ortho intramolecular Hbond substituents is 1. The number of aliphatic hydroxyl groups is 7. The van der Waals surface area contributed by atoms with Crippen molar-refractivity contribution >= 4 is 17.9 Å². The number of aliphatic hydroxyl groups excluding tert-OH is 6. The van der Waals surface area contributed by atoms with Gasteiger partial charge >= 0.3 is 17.9 Å². The number of hydrogen-bond donors (Lipinski definition) is 8. The van der Waals surface area contributed by atoms with Gasteiger partial charge in [0.2, 0.25) is 6.10 Å². The molecule has 4 rings (SSSR count). The zero-order valence-electron chi connectivity index (χ0n) is 29.7. The van der Waals surface area contributed by atoms with Crippen LogP contribution in [0, 0.1) is 23.2 Å². The van der Waals surface area contributed by atoms with Crippen molar-refractivity contribution in [3.8, 4) is 5.75 Å². The highest BCUT2D eigenvalue weighted by molar-refractivity contribution is 5.88. The van der Waals surface area contributed by atoms with Crippen molar-refractivity contribution in [1.29, 1.82) is 0 Å². The molecule has 0 spiro atoms. The van der Waals surface area contributed by atoms with Crippen LogP contribution in [0.1, 0.15) is 52.0 Å². The Morgan fingerprint density at radius 3 is 2.23 bits per heavy atom. The fourth-order valence-corrected chi connectivity index (χ4v) is 7.74. The first-order valence-electron chi connectivity index (χ1n) is 17.3. The van der Waals surface area contributed by atoms with Crippen molar-refractivity contribution in [3.63, 3.8) is 0 Å². The van der Waals surface area contributed by atoms with E-state index in [-0.39, 0.29) is 43.4 Å². The van der Waals surface area contributed by atoms with E-state index in [1.54, 1.807) is 20.8 Å². The van der Waals surface area contributed by atoms with Crippen LogP contribution in [0.2, 0.25) is 0 Å². The highest BCUT2D eigenvalue weighted by Gasteiger charge is 2.63. The highest BCUT2D eigenvalue weighted by atomic mass is 16.7. The average molecular weight is 741 g/mol. The zero-order chi connectivity index (χ0) is 38.7. The predicted molar refractivity (Wildman–Crippen MR) is 178 cm³/mol. The first-order valence-corrected chi connectivity index (χ1v) is 17.3. The third kappa shape index (κ3) is 8.61. The van der Waals surface area contributed by atoms with E-state index in [4.69, 9.17) is 23.7 Å². The van der Waals surface area contributed by atoms with Gasteiger partial charge in [-0.3, -0.25) is 0 Å². The third-order valence-corrected chi connectivity index (χ3v) is 10.9. The van der Waals surface area contributed by atoms with Crippen molar-refractivity contribution in [1.82, 2.24) is 0 Å². The van der Waals surface area contributed by atoms with E-state index >= 15 is 0 Å². The van der Waals surface area contributed by atoms with Crippen molar-refractivity contribution < 1.29 is 78.9 Å². The molecular formula is C36H52O16. The molecule has 1 aromatic rings. The molecular weight excluding hydrogens is 688 g/mol. The van der Waals surface area contributed by atoms with E-state index in [9.17, 15) is 55.2 Å². The minimum Gasteiger partial charge on any atom is -0.508 e. The number of esters is 3. The Morgan fingerprint density at radius 2 is 1.63 bits per heavy atom. The molecule has 0 aromatic heterocycles. The molecule has 16 nitrogen and oxygen atoms in total. The molecule has 3 aliphatic rings. The Balaban J connectivity index is 1.64. The minimum atomic E-state index is -1.93. The molecule has 1 aromatic carbocycles. The molecule has 0 unspecified atom stereocenters. The van der Waals surface area contributed by atoms with Crippen LogP contribution in [-0.2, 0) is 44.5 Å². The SMILES string of the molecule is C=C(C(=O)OC)[C@@H]1CC[C@]2(C)[C@H]([C@H]1O)[C@](O)(CO[C@H]1O[C@@H](CO)[C@@H](O)[C@H](O)[C@@H]1O)CC[C@H]2OC(=O)[C@H](Cc1ccc(O)cc1)OC(=O)[C@H](O)C(C)C. The molecule has 3 fully saturated rings. The number of aromatic hydroxyl groups is 1. The van der Waals surface area contributed by atoms with E-state index in [1.807, 2.05) is 0 Å². The summed E-state index contributed by atoms with van der Waals surface area (Å²) < 4.78 is 27.6. The summed E-state index contributed by atoms with van der Waals surface area (Å²) in [7, 11) is 1.16. The molecule has 16 heteroatoms. The molecule has 1 heterocycles. The Morgan fingerprint density at radius 1 is 0.981 bits per heavy atom. The van der Waals surface area contributed by atoms with Crippen molar-refractivity contribution in [2.75, 3.05) is 20.3 Å². The molecule has 2 saturated carbocycles. The Kier molecular flexibility index (Phi) is 13.5. The monoisotopic (exact) mass is 740 g/mol. The van der Waals surface area contributed by atoms with Crippen LogP contribution in [0.15, 0.2) is 36.4 Å². The number of benzene rings is 1. The first-order chi connectivity index (χ1) is 24.4. The fourth-order valence-electron chi connectivity index (χ4n) is 7.74. The molecule has 2 aliphatic carbocycles. The lowest BCUT2D eigenvalue weighted by atomic mass is 9.50. The molecule has 8 N–H and O–H groups in total. The third-order valence-electron chi connectivity index (χ3n) is 10.9. The molecule has 0 bridgehead atoms. The number of rotatable bonds is 13. The fraction of sp³-hybridized carbons (Fsp3) is 0.694. The maximum Gasteiger partial charge on any atom is 0.348 e. The summed E-state index contributed by atoms with van der Waals surface area (Å²) in [5.74, 6) is -5.38. The van der Waals surface area contributed by atoms with Gasteiger partial charge in [-0.25, -0.2) is 14.4 Å². The topological polar surface area (TPSA) is 259 Å². The van der Waals surface area contributed by atoms with Gasteiger partial charge in [-0.05, 0) is 49.3 Å². The van der Waals surface area contributed by atoms with Gasteiger partial charge in [-0.15, -0.1) is 0 Å². The summed E-state index contributed by atoms with van der Waals surface area (Å²) in [4.78, 5) is 39.2. The molecule has 13 atom stereocenters. The second kappa shape index (κ2) is 16.9. The Labute approximate surface area is 301 Å². The van der Waals surface area contributed by atoms with Crippen LogP contribution in [0.25, 0.3) is 0 Å². The highest BCUT2D eigenvalue weighted by Crippen LogP contribution is 2.57. The summed E-state index contributed by atoms with van der Waals surface area (Å²) in [6.45, 7) is 7.40. The van der Waals surface area contributed by atoms with Gasteiger partial charge in [0.25, 0.3) is 0 Å². The lowest BCUT2D eigenvalue weighted by Crippen LogP contribution is -2.67. The maximum absolute atomic E-state index is 13.9.